The van der Waals surface area contributed by atoms with Crippen molar-refractivity contribution in [2.45, 2.75) is 31.2 Å². The average molecular weight is 539 g/mol. The number of ether oxygens (including phenoxy) is 1. The first-order valence-electron chi connectivity index (χ1n) is 12.6. The molecule has 6 rings (SSSR count). The quantitative estimate of drug-likeness (QED) is 0.261. The van der Waals surface area contributed by atoms with E-state index in [1.807, 2.05) is 79.7 Å². The standard InChI is InChI=1S/C30H26N4O4S/c1-17-16-39-29-23(27-32-22-15-9-14-21(24(22)33-27)31-18(2)35)28(36)34(29)25(17)30(37)38-26(19-10-5-3-6-11-19)20-12-7-4-8-13-20/h3-15,23,26,29H,16H2,1-2H3,(H,31,35)(H,32,33)/t23?,29-/m0/s1. The van der Waals surface area contributed by atoms with Crippen LogP contribution in [0.4, 0.5) is 5.69 Å². The molecular formula is C30H26N4O4S. The van der Waals surface area contributed by atoms with Gasteiger partial charge in [-0.2, -0.15) is 0 Å². The number of fused-ring (bicyclic) bond motifs is 2. The molecule has 3 aromatic carbocycles. The number of hydrogen-bond donors (Lipinski definition) is 2. The fourth-order valence-electron chi connectivity index (χ4n) is 5.12. The number of aromatic nitrogens is 2. The van der Waals surface area contributed by atoms with Crippen LogP contribution >= 0.6 is 11.8 Å². The van der Waals surface area contributed by atoms with Crippen molar-refractivity contribution in [3.05, 3.63) is 107 Å². The molecule has 2 aliphatic rings. The van der Waals surface area contributed by atoms with Gasteiger partial charge in [0.25, 0.3) is 0 Å². The maximum atomic E-state index is 13.7. The molecule has 2 amide bonds. The average Bonchev–Trinajstić information content (AvgIpc) is 3.36. The molecule has 196 valence electrons. The number of rotatable bonds is 6. The molecule has 3 heterocycles. The molecule has 1 saturated heterocycles. The van der Waals surface area contributed by atoms with E-state index in [9.17, 15) is 14.4 Å². The molecule has 8 nitrogen and oxygen atoms in total. The Kier molecular flexibility index (Phi) is 6.44. The monoisotopic (exact) mass is 538 g/mol. The molecule has 2 N–H and O–H groups in total. The fraction of sp³-hybridized carbons (Fsp3) is 0.200. The van der Waals surface area contributed by atoms with Crippen molar-refractivity contribution in [3.8, 4) is 0 Å². The normalized spacial score (nSPS) is 18.6. The molecule has 9 heteroatoms. The van der Waals surface area contributed by atoms with E-state index in [1.54, 1.807) is 22.7 Å². The lowest BCUT2D eigenvalue weighted by Crippen LogP contribution is -2.60. The Labute approximate surface area is 229 Å². The Hall–Kier alpha value is -4.37. The molecule has 0 saturated carbocycles. The summed E-state index contributed by atoms with van der Waals surface area (Å²) in [6.45, 7) is 3.30. The summed E-state index contributed by atoms with van der Waals surface area (Å²) in [5, 5.41) is 2.49. The lowest BCUT2D eigenvalue weighted by atomic mass is 9.94. The van der Waals surface area contributed by atoms with Crippen LogP contribution in [0.25, 0.3) is 11.0 Å². The van der Waals surface area contributed by atoms with E-state index in [-0.39, 0.29) is 17.2 Å². The van der Waals surface area contributed by atoms with Gasteiger partial charge >= 0.3 is 5.97 Å². The van der Waals surface area contributed by atoms with Crippen LogP contribution in [0.2, 0.25) is 0 Å². The van der Waals surface area contributed by atoms with E-state index in [0.29, 0.717) is 28.5 Å². The van der Waals surface area contributed by atoms with Gasteiger partial charge in [-0.3, -0.25) is 14.5 Å². The number of imidazole rings is 1. The van der Waals surface area contributed by atoms with E-state index < -0.39 is 18.0 Å². The number of carbonyl (C=O) groups excluding carboxylic acids is 3. The number of nitrogens with one attached hydrogen (secondary N) is 2. The Bertz CT molecular complexity index is 1580. The van der Waals surface area contributed by atoms with Crippen LogP contribution in [0, 0.1) is 0 Å². The number of esters is 1. The largest absolute Gasteiger partial charge is 0.448 e. The molecule has 39 heavy (non-hydrogen) atoms. The number of anilines is 1. The van der Waals surface area contributed by atoms with Crippen molar-refractivity contribution in [3.63, 3.8) is 0 Å². The van der Waals surface area contributed by atoms with E-state index in [0.717, 1.165) is 22.2 Å². The van der Waals surface area contributed by atoms with Gasteiger partial charge in [-0.1, -0.05) is 66.7 Å². The highest BCUT2D eigenvalue weighted by molar-refractivity contribution is 8.00. The number of aromatic amines is 1. The van der Waals surface area contributed by atoms with Gasteiger partial charge in [0.2, 0.25) is 11.8 Å². The summed E-state index contributed by atoms with van der Waals surface area (Å²) < 4.78 is 6.11. The molecule has 0 spiro atoms. The smallest absolute Gasteiger partial charge is 0.356 e. The summed E-state index contributed by atoms with van der Waals surface area (Å²) in [5.74, 6) is -0.375. The number of para-hydroxylation sites is 1. The number of amides is 2. The third-order valence-corrected chi connectivity index (χ3v) is 8.34. The molecule has 0 bridgehead atoms. The van der Waals surface area contributed by atoms with Gasteiger partial charge in [-0.15, -0.1) is 11.8 Å². The lowest BCUT2D eigenvalue weighted by molar-refractivity contribution is -0.153. The summed E-state index contributed by atoms with van der Waals surface area (Å²) in [5.41, 5.74) is 4.69. The van der Waals surface area contributed by atoms with Crippen molar-refractivity contribution in [2.75, 3.05) is 11.1 Å². The highest BCUT2D eigenvalue weighted by Crippen LogP contribution is 2.48. The SMILES string of the molecule is CC(=O)Nc1cccc2[nH]c(C3C(=O)N4C(C(=O)OC(c5ccccc5)c5ccccc5)=C(C)CS[C@@H]34)nc12. The first kappa shape index (κ1) is 24.9. The molecule has 0 aliphatic carbocycles. The van der Waals surface area contributed by atoms with Gasteiger partial charge in [0, 0.05) is 12.7 Å². The minimum Gasteiger partial charge on any atom is -0.448 e. The molecular weight excluding hydrogens is 512 g/mol. The van der Waals surface area contributed by atoms with E-state index in [2.05, 4.69) is 15.3 Å². The van der Waals surface area contributed by atoms with Gasteiger partial charge in [0.1, 0.15) is 28.3 Å². The van der Waals surface area contributed by atoms with Crippen molar-refractivity contribution in [2.24, 2.45) is 0 Å². The highest BCUT2D eigenvalue weighted by Gasteiger charge is 2.55. The van der Waals surface area contributed by atoms with Crippen molar-refractivity contribution < 1.29 is 19.1 Å². The second-order valence-electron chi connectivity index (χ2n) is 9.63. The third kappa shape index (κ3) is 4.48. The molecule has 1 aromatic heterocycles. The van der Waals surface area contributed by atoms with Crippen LogP contribution in [0.5, 0.6) is 0 Å². The van der Waals surface area contributed by atoms with Gasteiger partial charge in [-0.05, 0) is 35.8 Å². The Balaban J connectivity index is 1.28. The van der Waals surface area contributed by atoms with Crippen LogP contribution in [0.15, 0.2) is 90.1 Å². The number of β-lactam (4-membered cyclic amide) rings is 1. The second kappa shape index (κ2) is 10.1. The summed E-state index contributed by atoms with van der Waals surface area (Å²) in [4.78, 5) is 48.4. The summed E-state index contributed by atoms with van der Waals surface area (Å²) >= 11 is 1.60. The predicted octanol–water partition coefficient (Wildman–Crippen LogP) is 5.13. The van der Waals surface area contributed by atoms with E-state index in [1.165, 1.54) is 6.92 Å². The zero-order chi connectivity index (χ0) is 27.1. The Morgan fingerprint density at radius 1 is 1.03 bits per heavy atom. The number of hydrogen-bond acceptors (Lipinski definition) is 6. The summed E-state index contributed by atoms with van der Waals surface area (Å²) in [6.07, 6.45) is -0.608. The lowest BCUT2D eigenvalue weighted by Gasteiger charge is -2.49. The van der Waals surface area contributed by atoms with Crippen molar-refractivity contribution >= 4 is 46.3 Å². The molecule has 1 unspecified atom stereocenters. The maximum Gasteiger partial charge on any atom is 0.356 e. The summed E-state index contributed by atoms with van der Waals surface area (Å²) in [7, 11) is 0. The van der Waals surface area contributed by atoms with Gasteiger partial charge in [0.05, 0.1) is 11.2 Å². The predicted molar refractivity (Wildman–Crippen MR) is 150 cm³/mol. The zero-order valence-corrected chi connectivity index (χ0v) is 22.2. The van der Waals surface area contributed by atoms with E-state index >= 15 is 0 Å². The minimum absolute atomic E-state index is 0.200. The molecule has 1 fully saturated rings. The molecule has 0 radical (unpaired) electrons. The number of nitrogens with zero attached hydrogens (tertiary/aromatic N) is 2. The molecule has 2 atom stereocenters. The van der Waals surface area contributed by atoms with Crippen molar-refractivity contribution in [1.82, 2.24) is 14.9 Å². The van der Waals surface area contributed by atoms with Crippen LogP contribution in [-0.4, -0.2) is 43.8 Å². The fourth-order valence-corrected chi connectivity index (χ4v) is 6.47. The number of benzene rings is 3. The van der Waals surface area contributed by atoms with Crippen LogP contribution in [-0.2, 0) is 19.1 Å². The number of carbonyl (C=O) groups is 3. The highest BCUT2D eigenvalue weighted by atomic mass is 32.2. The van der Waals surface area contributed by atoms with Crippen LogP contribution in [0.3, 0.4) is 0 Å². The second-order valence-corrected chi connectivity index (χ2v) is 10.7. The Morgan fingerprint density at radius 3 is 2.33 bits per heavy atom. The summed E-state index contributed by atoms with van der Waals surface area (Å²) in [6, 6.07) is 24.6. The maximum absolute atomic E-state index is 13.7. The van der Waals surface area contributed by atoms with Crippen LogP contribution < -0.4 is 5.32 Å². The molecule has 2 aliphatic heterocycles. The zero-order valence-electron chi connectivity index (χ0n) is 21.4. The third-order valence-electron chi connectivity index (χ3n) is 6.92. The number of H-pyrrole nitrogens is 1. The van der Waals surface area contributed by atoms with Crippen LogP contribution in [0.1, 0.15) is 42.8 Å². The van der Waals surface area contributed by atoms with Gasteiger partial charge in [-0.25, -0.2) is 9.78 Å². The topological polar surface area (TPSA) is 104 Å². The van der Waals surface area contributed by atoms with Gasteiger partial charge < -0.3 is 15.0 Å². The number of thioether (sulfide) groups is 1. The van der Waals surface area contributed by atoms with E-state index in [4.69, 9.17) is 4.74 Å². The Morgan fingerprint density at radius 2 is 1.69 bits per heavy atom. The van der Waals surface area contributed by atoms with Crippen molar-refractivity contribution in [1.29, 1.82) is 0 Å². The molecule has 4 aromatic rings. The first-order valence-corrected chi connectivity index (χ1v) is 13.7. The van der Waals surface area contributed by atoms with Gasteiger partial charge in [0.15, 0.2) is 6.10 Å². The minimum atomic E-state index is -0.608. The first-order chi connectivity index (χ1) is 18.9.